The van der Waals surface area contributed by atoms with Gasteiger partial charge in [-0.1, -0.05) is 78.9 Å². The molecule has 0 aliphatic carbocycles. The van der Waals surface area contributed by atoms with E-state index >= 15 is 0 Å². The summed E-state index contributed by atoms with van der Waals surface area (Å²) < 4.78 is 40.0. The number of para-hydroxylation sites is 1. The molecule has 1 heterocycles. The molecule has 0 saturated carbocycles. The minimum atomic E-state index is -3.70. The molecule has 1 aliphatic heterocycles. The highest BCUT2D eigenvalue weighted by molar-refractivity contribution is 7.89. The Morgan fingerprint density at radius 1 is 0.617 bits per heavy atom. The fourth-order valence-electron chi connectivity index (χ4n) is 5.69. The molecule has 5 aromatic rings. The van der Waals surface area contributed by atoms with Crippen LogP contribution in [0.25, 0.3) is 0 Å². The number of rotatable bonds is 12. The lowest BCUT2D eigenvalue weighted by Crippen LogP contribution is -2.49. The first-order chi connectivity index (χ1) is 23.0. The minimum Gasteiger partial charge on any atom is -0.490 e. The van der Waals surface area contributed by atoms with Gasteiger partial charge in [0.15, 0.2) is 0 Å². The molecule has 1 N–H and O–H groups in total. The number of carbonyl (C=O) groups excluding carboxylic acids is 1. The summed E-state index contributed by atoms with van der Waals surface area (Å²) >= 11 is 0. The topological polar surface area (TPSA) is 88.2 Å². The Morgan fingerprint density at radius 2 is 1.11 bits per heavy atom. The lowest BCUT2D eigenvalue weighted by atomic mass is 9.96. The number of piperazine rings is 1. The van der Waals surface area contributed by atoms with E-state index in [1.54, 1.807) is 52.8 Å². The lowest BCUT2D eigenvalue weighted by Gasteiger charge is -2.39. The van der Waals surface area contributed by atoms with E-state index < -0.39 is 10.0 Å². The number of hydrogen-bond donors (Lipinski definition) is 1. The van der Waals surface area contributed by atoms with E-state index in [1.807, 2.05) is 66.7 Å². The van der Waals surface area contributed by atoms with Gasteiger partial charge < -0.3 is 14.8 Å². The molecule has 0 atom stereocenters. The van der Waals surface area contributed by atoms with Gasteiger partial charge >= 0.3 is 0 Å². The number of anilines is 1. The molecule has 240 valence electrons. The Hall–Kier alpha value is -4.96. The Kier molecular flexibility index (Phi) is 10.3. The van der Waals surface area contributed by atoms with Gasteiger partial charge in [-0.05, 0) is 71.8 Å². The third-order valence-corrected chi connectivity index (χ3v) is 10.0. The van der Waals surface area contributed by atoms with Crippen LogP contribution in [0.2, 0.25) is 0 Å². The molecule has 47 heavy (non-hydrogen) atoms. The summed E-state index contributed by atoms with van der Waals surface area (Å²) in [5.74, 6) is 1.11. The summed E-state index contributed by atoms with van der Waals surface area (Å²) in [5, 5.41) is 2.84. The van der Waals surface area contributed by atoms with Crippen molar-refractivity contribution in [2.45, 2.75) is 10.9 Å². The van der Waals surface area contributed by atoms with E-state index in [2.05, 4.69) is 34.5 Å². The molecule has 1 fully saturated rings. The first-order valence-corrected chi connectivity index (χ1v) is 17.1. The highest BCUT2D eigenvalue weighted by Crippen LogP contribution is 2.30. The van der Waals surface area contributed by atoms with Crippen molar-refractivity contribution in [2.24, 2.45) is 0 Å². The van der Waals surface area contributed by atoms with Crippen molar-refractivity contribution in [1.29, 1.82) is 0 Å². The van der Waals surface area contributed by atoms with Crippen molar-refractivity contribution in [1.82, 2.24) is 9.21 Å². The first-order valence-electron chi connectivity index (χ1n) is 15.6. The van der Waals surface area contributed by atoms with Crippen molar-refractivity contribution in [3.8, 4) is 11.5 Å². The molecular weight excluding hydrogens is 611 g/mol. The zero-order valence-electron chi connectivity index (χ0n) is 25.9. The summed E-state index contributed by atoms with van der Waals surface area (Å²) in [6.07, 6.45) is 0. The standard InChI is InChI=1S/C38H37N3O5S/c42-38(32-16-20-35(21-17-32)46-29-28-45-34-14-8-3-9-15-34)39-33-18-22-36(23-19-33)47(43,44)41-26-24-40(25-27-41)37(30-10-4-1-5-11-30)31-12-6-2-7-13-31/h1-23,37H,24-29H2,(H,39,42). The molecule has 6 rings (SSSR count). The zero-order valence-corrected chi connectivity index (χ0v) is 26.8. The summed E-state index contributed by atoms with van der Waals surface area (Å²) in [5.41, 5.74) is 3.32. The second kappa shape index (κ2) is 15.1. The maximum absolute atomic E-state index is 13.6. The van der Waals surface area contributed by atoms with Crippen LogP contribution in [0.15, 0.2) is 144 Å². The van der Waals surface area contributed by atoms with Gasteiger partial charge in [-0.15, -0.1) is 0 Å². The van der Waals surface area contributed by atoms with E-state index in [0.717, 1.165) is 5.75 Å². The molecule has 0 unspecified atom stereocenters. The van der Waals surface area contributed by atoms with Crippen LogP contribution < -0.4 is 14.8 Å². The molecule has 0 bridgehead atoms. The van der Waals surface area contributed by atoms with Crippen LogP contribution in [0.4, 0.5) is 5.69 Å². The van der Waals surface area contributed by atoms with Gasteiger partial charge in [0.05, 0.1) is 10.9 Å². The third kappa shape index (κ3) is 8.07. The Morgan fingerprint density at radius 3 is 1.64 bits per heavy atom. The number of benzene rings is 5. The maximum atomic E-state index is 13.6. The fourth-order valence-corrected chi connectivity index (χ4v) is 7.11. The normalized spacial score (nSPS) is 14.1. The highest BCUT2D eigenvalue weighted by Gasteiger charge is 2.32. The predicted molar refractivity (Wildman–Crippen MR) is 183 cm³/mol. The van der Waals surface area contributed by atoms with Crippen LogP contribution in [0.1, 0.15) is 27.5 Å². The quantitative estimate of drug-likeness (QED) is 0.156. The summed E-state index contributed by atoms with van der Waals surface area (Å²) in [6, 6.07) is 43.4. The number of nitrogens with one attached hydrogen (secondary N) is 1. The van der Waals surface area contributed by atoms with Crippen molar-refractivity contribution < 1.29 is 22.7 Å². The van der Waals surface area contributed by atoms with E-state index in [9.17, 15) is 13.2 Å². The molecule has 1 amide bonds. The van der Waals surface area contributed by atoms with Crippen LogP contribution in [0, 0.1) is 0 Å². The third-order valence-electron chi connectivity index (χ3n) is 8.10. The van der Waals surface area contributed by atoms with Gasteiger partial charge in [0.1, 0.15) is 24.7 Å². The second-order valence-corrected chi connectivity index (χ2v) is 13.1. The van der Waals surface area contributed by atoms with Crippen LogP contribution in [0.5, 0.6) is 11.5 Å². The SMILES string of the molecule is O=C(Nc1ccc(S(=O)(=O)N2CCN(C(c3ccccc3)c3ccccc3)CC2)cc1)c1ccc(OCCOc2ccccc2)cc1. The van der Waals surface area contributed by atoms with Crippen LogP contribution in [0.3, 0.4) is 0 Å². The zero-order chi connectivity index (χ0) is 32.5. The van der Waals surface area contributed by atoms with Gasteiger partial charge in [0.25, 0.3) is 5.91 Å². The van der Waals surface area contributed by atoms with Crippen LogP contribution in [-0.2, 0) is 10.0 Å². The summed E-state index contributed by atoms with van der Waals surface area (Å²) in [6.45, 7) is 2.75. The average Bonchev–Trinajstić information content (AvgIpc) is 3.12. The molecule has 5 aromatic carbocycles. The lowest BCUT2D eigenvalue weighted by molar-refractivity contribution is 0.102. The molecule has 1 saturated heterocycles. The monoisotopic (exact) mass is 647 g/mol. The summed E-state index contributed by atoms with van der Waals surface area (Å²) in [7, 11) is -3.70. The molecule has 0 radical (unpaired) electrons. The predicted octanol–water partition coefficient (Wildman–Crippen LogP) is 6.49. The van der Waals surface area contributed by atoms with E-state index in [4.69, 9.17) is 9.47 Å². The summed E-state index contributed by atoms with van der Waals surface area (Å²) in [4.78, 5) is 15.4. The van der Waals surface area contributed by atoms with Gasteiger partial charge in [-0.25, -0.2) is 8.42 Å². The van der Waals surface area contributed by atoms with Gasteiger partial charge in [0, 0.05) is 37.4 Å². The van der Waals surface area contributed by atoms with E-state index in [1.165, 1.54) is 11.1 Å². The van der Waals surface area contributed by atoms with E-state index in [0.29, 0.717) is 56.4 Å². The van der Waals surface area contributed by atoms with Crippen LogP contribution in [-0.4, -0.2) is 62.9 Å². The molecule has 1 aliphatic rings. The fraction of sp³-hybridized carbons (Fsp3) is 0.184. The van der Waals surface area contributed by atoms with Crippen molar-refractivity contribution >= 4 is 21.6 Å². The average molecular weight is 648 g/mol. The van der Waals surface area contributed by atoms with Crippen molar-refractivity contribution in [3.63, 3.8) is 0 Å². The van der Waals surface area contributed by atoms with Crippen molar-refractivity contribution in [2.75, 3.05) is 44.7 Å². The second-order valence-electron chi connectivity index (χ2n) is 11.2. The minimum absolute atomic E-state index is 0.0494. The number of amides is 1. The van der Waals surface area contributed by atoms with Gasteiger partial charge in [0.2, 0.25) is 10.0 Å². The van der Waals surface area contributed by atoms with Gasteiger partial charge in [-0.3, -0.25) is 9.69 Å². The van der Waals surface area contributed by atoms with Gasteiger partial charge in [-0.2, -0.15) is 4.31 Å². The molecule has 9 heteroatoms. The Bertz CT molecular complexity index is 1790. The number of carbonyl (C=O) groups is 1. The largest absolute Gasteiger partial charge is 0.490 e. The molecule has 8 nitrogen and oxygen atoms in total. The number of hydrogen-bond acceptors (Lipinski definition) is 6. The smallest absolute Gasteiger partial charge is 0.255 e. The molecular formula is C38H37N3O5S. The molecule has 0 spiro atoms. The molecule has 0 aromatic heterocycles. The number of sulfonamides is 1. The number of nitrogens with zero attached hydrogens (tertiary/aromatic N) is 2. The van der Waals surface area contributed by atoms with Crippen molar-refractivity contribution in [3.05, 3.63) is 156 Å². The van der Waals surface area contributed by atoms with Crippen LogP contribution >= 0.6 is 0 Å². The maximum Gasteiger partial charge on any atom is 0.255 e. The van der Waals surface area contributed by atoms with E-state index in [-0.39, 0.29) is 16.8 Å². The highest BCUT2D eigenvalue weighted by atomic mass is 32.2. The Balaban J connectivity index is 1.02. The number of ether oxygens (including phenoxy) is 2. The Labute approximate surface area is 276 Å². The first kappa shape index (κ1) is 32.0.